The first-order valence-corrected chi connectivity index (χ1v) is 9.34. The Kier molecular flexibility index (Phi) is 8.11. The summed E-state index contributed by atoms with van der Waals surface area (Å²) in [4.78, 5) is 39.1. The number of anilines is 1. The first kappa shape index (κ1) is 23.8. The minimum atomic E-state index is -4.62. The number of ether oxygens (including phenoxy) is 1. The fraction of sp³-hybridized carbons (Fsp3) is 0.421. The SMILES string of the molecule is CC(C)CCC(=O)NCC(=O)OCC(=O)Nc1cc(C(F)(F)F)ccc1-n1cncn1. The molecule has 1 heterocycles. The number of alkyl halides is 3. The van der Waals surface area contributed by atoms with E-state index in [1.807, 2.05) is 13.8 Å². The number of carbonyl (C=O) groups is 3. The third-order valence-corrected chi connectivity index (χ3v) is 4.01. The van der Waals surface area contributed by atoms with Gasteiger partial charge in [-0.3, -0.25) is 14.4 Å². The molecule has 0 spiro atoms. The van der Waals surface area contributed by atoms with Crippen LogP contribution in [0.15, 0.2) is 30.9 Å². The highest BCUT2D eigenvalue weighted by Crippen LogP contribution is 2.33. The quantitative estimate of drug-likeness (QED) is 0.577. The summed E-state index contributed by atoms with van der Waals surface area (Å²) < 4.78 is 45.0. The average molecular weight is 441 g/mol. The monoisotopic (exact) mass is 441 g/mol. The number of benzene rings is 1. The van der Waals surface area contributed by atoms with Gasteiger partial charge in [-0.15, -0.1) is 0 Å². The summed E-state index contributed by atoms with van der Waals surface area (Å²) in [7, 11) is 0. The Balaban J connectivity index is 1.95. The molecule has 0 aliphatic heterocycles. The van der Waals surface area contributed by atoms with Crippen LogP contribution in [0.2, 0.25) is 0 Å². The topological polar surface area (TPSA) is 115 Å². The molecule has 1 aromatic carbocycles. The van der Waals surface area contributed by atoms with Crippen LogP contribution in [-0.2, 0) is 25.3 Å². The third kappa shape index (κ3) is 7.72. The van der Waals surface area contributed by atoms with Gasteiger partial charge in [0.15, 0.2) is 6.61 Å². The highest BCUT2D eigenvalue weighted by Gasteiger charge is 2.31. The summed E-state index contributed by atoms with van der Waals surface area (Å²) >= 11 is 0. The van der Waals surface area contributed by atoms with Gasteiger partial charge in [0.1, 0.15) is 19.2 Å². The van der Waals surface area contributed by atoms with Crippen molar-refractivity contribution in [3.8, 4) is 5.69 Å². The number of esters is 1. The van der Waals surface area contributed by atoms with E-state index in [1.165, 1.54) is 17.3 Å². The van der Waals surface area contributed by atoms with Crippen LogP contribution in [0.5, 0.6) is 0 Å². The minimum absolute atomic E-state index is 0.141. The number of nitrogens with one attached hydrogen (secondary N) is 2. The van der Waals surface area contributed by atoms with Crippen molar-refractivity contribution >= 4 is 23.5 Å². The summed E-state index contributed by atoms with van der Waals surface area (Å²) in [6.07, 6.45) is -1.28. The number of hydrogen-bond acceptors (Lipinski definition) is 6. The van der Waals surface area contributed by atoms with Gasteiger partial charge in [0.05, 0.1) is 16.9 Å². The van der Waals surface area contributed by atoms with Crippen LogP contribution in [0.1, 0.15) is 32.3 Å². The molecule has 0 aliphatic rings. The molecule has 0 unspecified atom stereocenters. The second-order valence-electron chi connectivity index (χ2n) is 6.99. The van der Waals surface area contributed by atoms with Crippen LogP contribution in [0.25, 0.3) is 5.69 Å². The van der Waals surface area contributed by atoms with Crippen LogP contribution < -0.4 is 10.6 Å². The lowest BCUT2D eigenvalue weighted by Gasteiger charge is -2.14. The number of rotatable bonds is 9. The van der Waals surface area contributed by atoms with E-state index in [4.69, 9.17) is 4.74 Å². The first-order chi connectivity index (χ1) is 14.6. The van der Waals surface area contributed by atoms with Crippen molar-refractivity contribution in [2.45, 2.75) is 32.9 Å². The van der Waals surface area contributed by atoms with E-state index in [1.54, 1.807) is 0 Å². The molecule has 0 aliphatic carbocycles. The van der Waals surface area contributed by atoms with Crippen LogP contribution in [0.3, 0.4) is 0 Å². The number of halogens is 3. The van der Waals surface area contributed by atoms with Crippen molar-refractivity contribution in [2.24, 2.45) is 5.92 Å². The van der Waals surface area contributed by atoms with E-state index >= 15 is 0 Å². The fourth-order valence-corrected chi connectivity index (χ4v) is 2.41. The molecule has 2 rings (SSSR count). The summed E-state index contributed by atoms with van der Waals surface area (Å²) in [6, 6.07) is 2.71. The van der Waals surface area contributed by atoms with E-state index in [9.17, 15) is 27.6 Å². The highest BCUT2D eigenvalue weighted by atomic mass is 19.4. The van der Waals surface area contributed by atoms with Gasteiger partial charge in [0, 0.05) is 6.42 Å². The molecular weight excluding hydrogens is 419 g/mol. The molecule has 168 valence electrons. The number of carbonyl (C=O) groups excluding carboxylic acids is 3. The fourth-order valence-electron chi connectivity index (χ4n) is 2.41. The van der Waals surface area contributed by atoms with Crippen molar-refractivity contribution in [3.63, 3.8) is 0 Å². The smallest absolute Gasteiger partial charge is 0.416 e. The van der Waals surface area contributed by atoms with Gasteiger partial charge in [-0.2, -0.15) is 18.3 Å². The molecule has 0 saturated carbocycles. The molecule has 31 heavy (non-hydrogen) atoms. The largest absolute Gasteiger partial charge is 0.454 e. The molecule has 0 bridgehead atoms. The lowest BCUT2D eigenvalue weighted by atomic mass is 10.1. The van der Waals surface area contributed by atoms with Gasteiger partial charge in [-0.25, -0.2) is 9.67 Å². The molecule has 0 atom stereocenters. The maximum Gasteiger partial charge on any atom is 0.416 e. The van der Waals surface area contributed by atoms with Gasteiger partial charge in [-0.05, 0) is 30.5 Å². The Morgan fingerprint density at radius 2 is 1.94 bits per heavy atom. The molecule has 2 amide bonds. The van der Waals surface area contributed by atoms with Gasteiger partial charge < -0.3 is 15.4 Å². The lowest BCUT2D eigenvalue weighted by molar-refractivity contribution is -0.147. The van der Waals surface area contributed by atoms with Crippen molar-refractivity contribution in [3.05, 3.63) is 36.4 Å². The Morgan fingerprint density at radius 1 is 1.19 bits per heavy atom. The van der Waals surface area contributed by atoms with Crippen molar-refractivity contribution in [1.82, 2.24) is 20.1 Å². The van der Waals surface area contributed by atoms with Gasteiger partial charge in [0.2, 0.25) is 5.91 Å². The van der Waals surface area contributed by atoms with E-state index < -0.39 is 36.8 Å². The number of nitrogens with zero attached hydrogens (tertiary/aromatic N) is 3. The molecule has 9 nitrogen and oxygen atoms in total. The molecule has 2 aromatic rings. The Labute approximate surface area is 176 Å². The van der Waals surface area contributed by atoms with Crippen LogP contribution in [0, 0.1) is 5.92 Å². The highest BCUT2D eigenvalue weighted by molar-refractivity contribution is 5.95. The zero-order valence-corrected chi connectivity index (χ0v) is 16.9. The van der Waals surface area contributed by atoms with Crippen LogP contribution in [0.4, 0.5) is 18.9 Å². The number of aromatic nitrogens is 3. The lowest BCUT2D eigenvalue weighted by Crippen LogP contribution is -2.32. The summed E-state index contributed by atoms with van der Waals surface area (Å²) in [5.41, 5.74) is -1.03. The Bertz CT molecular complexity index is 914. The predicted octanol–water partition coefficient (Wildman–Crippen LogP) is 2.32. The molecule has 12 heteroatoms. The zero-order chi connectivity index (χ0) is 23.0. The molecule has 1 aromatic heterocycles. The zero-order valence-electron chi connectivity index (χ0n) is 16.9. The van der Waals surface area contributed by atoms with Gasteiger partial charge in [-0.1, -0.05) is 13.8 Å². The van der Waals surface area contributed by atoms with E-state index in [2.05, 4.69) is 20.7 Å². The number of amides is 2. The average Bonchev–Trinajstić information content (AvgIpc) is 3.23. The molecule has 0 radical (unpaired) electrons. The number of hydrogen-bond donors (Lipinski definition) is 2. The second kappa shape index (κ2) is 10.5. The minimum Gasteiger partial charge on any atom is -0.454 e. The normalized spacial score (nSPS) is 11.3. The van der Waals surface area contributed by atoms with Crippen LogP contribution in [-0.4, -0.2) is 45.7 Å². The standard InChI is InChI=1S/C19H22F3N5O4/c1-12(2)3-6-16(28)24-8-18(30)31-9-17(29)26-14-7-13(19(20,21)22)4-5-15(14)27-11-23-10-25-27/h4-5,7,10-12H,3,6,8-9H2,1-2H3,(H,24,28)(H,26,29). The summed E-state index contributed by atoms with van der Waals surface area (Å²) in [5.74, 6) is -1.70. The molecular formula is C19H22F3N5O4. The van der Waals surface area contributed by atoms with Crippen molar-refractivity contribution in [2.75, 3.05) is 18.5 Å². The first-order valence-electron chi connectivity index (χ1n) is 9.34. The Morgan fingerprint density at radius 3 is 2.55 bits per heavy atom. The predicted molar refractivity (Wildman–Crippen MR) is 103 cm³/mol. The maximum absolute atomic E-state index is 13.0. The molecule has 2 N–H and O–H groups in total. The molecule has 0 fully saturated rings. The van der Waals surface area contributed by atoms with E-state index in [0.29, 0.717) is 12.3 Å². The van der Waals surface area contributed by atoms with Crippen molar-refractivity contribution < 1.29 is 32.3 Å². The van der Waals surface area contributed by atoms with E-state index in [-0.39, 0.29) is 23.7 Å². The third-order valence-electron chi connectivity index (χ3n) is 4.01. The summed E-state index contributed by atoms with van der Waals surface area (Å²) in [6.45, 7) is 2.75. The maximum atomic E-state index is 13.0. The van der Waals surface area contributed by atoms with Gasteiger partial charge in [0.25, 0.3) is 5.91 Å². The van der Waals surface area contributed by atoms with E-state index in [0.717, 1.165) is 18.2 Å². The molecule has 0 saturated heterocycles. The van der Waals surface area contributed by atoms with Crippen molar-refractivity contribution in [1.29, 1.82) is 0 Å². The van der Waals surface area contributed by atoms with Crippen LogP contribution >= 0.6 is 0 Å². The summed E-state index contributed by atoms with van der Waals surface area (Å²) in [5, 5.41) is 8.48. The van der Waals surface area contributed by atoms with Gasteiger partial charge >= 0.3 is 12.1 Å². The Hall–Kier alpha value is -3.44. The second-order valence-corrected chi connectivity index (χ2v) is 6.99.